The molecule has 0 saturated carbocycles. The summed E-state index contributed by atoms with van der Waals surface area (Å²) in [7, 11) is 4.10. The number of nitrogens with zero attached hydrogens (tertiary/aromatic N) is 5. The molecule has 1 aromatic carbocycles. The summed E-state index contributed by atoms with van der Waals surface area (Å²) in [6, 6.07) is 9.96. The largest absolute Gasteiger partial charge is 0.341 e. The number of rotatable bonds is 3. The Morgan fingerprint density at radius 3 is 2.64 bits per heavy atom. The first-order chi connectivity index (χ1) is 12.0. The van der Waals surface area contributed by atoms with Gasteiger partial charge in [-0.2, -0.15) is 0 Å². The number of aromatic nitrogens is 3. The molecule has 25 heavy (non-hydrogen) atoms. The second-order valence-electron chi connectivity index (χ2n) is 7.86. The Hall–Kier alpha value is -2.21. The highest BCUT2D eigenvalue weighted by Gasteiger charge is 2.49. The lowest BCUT2D eigenvalue weighted by Crippen LogP contribution is -2.35. The fraction of sp³-hybridized carbons (Fsp3) is 0.526. The minimum atomic E-state index is 0.161. The molecular weight excluding hydrogens is 314 g/mol. The molecule has 2 aromatic rings. The lowest BCUT2D eigenvalue weighted by Gasteiger charge is -2.23. The summed E-state index contributed by atoms with van der Waals surface area (Å²) in [4.78, 5) is 17.2. The van der Waals surface area contributed by atoms with Gasteiger partial charge in [0.1, 0.15) is 5.82 Å². The Balaban J connectivity index is 1.47. The van der Waals surface area contributed by atoms with E-state index in [0.717, 1.165) is 43.4 Å². The van der Waals surface area contributed by atoms with Crippen LogP contribution in [-0.4, -0.2) is 63.7 Å². The number of likely N-dealkylation sites (tertiary alicyclic amines) is 2. The lowest BCUT2D eigenvalue weighted by molar-refractivity contribution is -0.130. The Labute approximate surface area is 148 Å². The Morgan fingerprint density at radius 2 is 1.92 bits per heavy atom. The molecule has 2 atom stereocenters. The molecule has 6 heteroatoms. The quantitative estimate of drug-likeness (QED) is 0.849. The van der Waals surface area contributed by atoms with Gasteiger partial charge in [0, 0.05) is 44.2 Å². The Kier molecular flexibility index (Phi) is 3.87. The number of hydrogen-bond acceptors (Lipinski definition) is 4. The summed E-state index contributed by atoms with van der Waals surface area (Å²) in [5, 5.41) is 8.54. The number of benzene rings is 1. The summed E-state index contributed by atoms with van der Waals surface area (Å²) < 4.78 is 1.93. The van der Waals surface area contributed by atoms with Gasteiger partial charge in [0.15, 0.2) is 5.82 Å². The minimum absolute atomic E-state index is 0.161. The van der Waals surface area contributed by atoms with Crippen molar-refractivity contribution >= 4 is 5.91 Å². The molecule has 0 aliphatic carbocycles. The van der Waals surface area contributed by atoms with E-state index in [1.165, 1.54) is 0 Å². The van der Waals surface area contributed by atoms with E-state index in [0.29, 0.717) is 12.3 Å². The van der Waals surface area contributed by atoms with Gasteiger partial charge in [-0.3, -0.25) is 4.79 Å². The molecule has 3 heterocycles. The van der Waals surface area contributed by atoms with E-state index in [1.54, 1.807) is 0 Å². The first kappa shape index (κ1) is 16.3. The van der Waals surface area contributed by atoms with Gasteiger partial charge in [-0.15, -0.1) is 10.2 Å². The van der Waals surface area contributed by atoms with E-state index in [1.807, 2.05) is 46.8 Å². The summed E-state index contributed by atoms with van der Waals surface area (Å²) in [6.07, 6.45) is 0.314. The van der Waals surface area contributed by atoms with Gasteiger partial charge in [0.05, 0.1) is 6.42 Å². The van der Waals surface area contributed by atoms with Gasteiger partial charge < -0.3 is 14.4 Å². The highest BCUT2D eigenvalue weighted by atomic mass is 16.2. The molecule has 132 valence electrons. The van der Waals surface area contributed by atoms with Crippen LogP contribution in [0, 0.1) is 11.3 Å². The third-order valence-electron chi connectivity index (χ3n) is 5.80. The van der Waals surface area contributed by atoms with Crippen LogP contribution >= 0.6 is 0 Å². The number of amides is 1. The zero-order chi connectivity index (χ0) is 17.6. The zero-order valence-electron chi connectivity index (χ0n) is 15.1. The Bertz CT molecular complexity index is 786. The van der Waals surface area contributed by atoms with E-state index >= 15 is 0 Å². The fourth-order valence-electron chi connectivity index (χ4n) is 4.42. The lowest BCUT2D eigenvalue weighted by atomic mass is 9.83. The van der Waals surface area contributed by atoms with Crippen molar-refractivity contribution in [3.05, 3.63) is 36.2 Å². The van der Waals surface area contributed by atoms with Crippen molar-refractivity contribution in [3.63, 3.8) is 0 Å². The van der Waals surface area contributed by atoms with Crippen molar-refractivity contribution in [2.75, 3.05) is 33.2 Å². The summed E-state index contributed by atoms with van der Waals surface area (Å²) >= 11 is 0. The van der Waals surface area contributed by atoms with Gasteiger partial charge in [-0.1, -0.05) is 37.3 Å². The maximum atomic E-state index is 12.8. The van der Waals surface area contributed by atoms with Gasteiger partial charge in [0.25, 0.3) is 0 Å². The summed E-state index contributed by atoms with van der Waals surface area (Å²) in [5.41, 5.74) is 1.25. The van der Waals surface area contributed by atoms with Crippen LogP contribution in [0.1, 0.15) is 12.7 Å². The number of fused-ring (bicyclic) bond motifs is 1. The number of carbonyl (C=O) groups is 1. The van der Waals surface area contributed by atoms with Crippen molar-refractivity contribution < 1.29 is 4.79 Å². The van der Waals surface area contributed by atoms with E-state index in [2.05, 4.69) is 29.1 Å². The third kappa shape index (κ3) is 2.84. The zero-order valence-corrected chi connectivity index (χ0v) is 15.1. The fourth-order valence-corrected chi connectivity index (χ4v) is 4.42. The van der Waals surface area contributed by atoms with Gasteiger partial charge in [0.2, 0.25) is 5.91 Å². The van der Waals surface area contributed by atoms with Crippen molar-refractivity contribution in [2.45, 2.75) is 13.3 Å². The maximum absolute atomic E-state index is 12.8. The molecular formula is C19H25N5O. The predicted molar refractivity (Wildman–Crippen MR) is 95.8 cm³/mol. The average molecular weight is 339 g/mol. The average Bonchev–Trinajstić information content (AvgIpc) is 3.18. The van der Waals surface area contributed by atoms with E-state index in [4.69, 9.17) is 0 Å². The van der Waals surface area contributed by atoms with Crippen LogP contribution in [0.15, 0.2) is 30.3 Å². The number of hydrogen-bond donors (Lipinski definition) is 0. The van der Waals surface area contributed by atoms with Crippen LogP contribution in [-0.2, 0) is 18.3 Å². The summed E-state index contributed by atoms with van der Waals surface area (Å²) in [5.74, 6) is 2.27. The molecule has 0 N–H and O–H groups in total. The molecule has 2 fully saturated rings. The molecule has 1 aromatic heterocycles. The molecule has 2 saturated heterocycles. The highest BCUT2D eigenvalue weighted by molar-refractivity contribution is 5.78. The van der Waals surface area contributed by atoms with Gasteiger partial charge in [-0.25, -0.2) is 0 Å². The number of carbonyl (C=O) groups excluding carboxylic acids is 1. The predicted octanol–water partition coefficient (Wildman–Crippen LogP) is 1.43. The molecule has 0 bridgehead atoms. The van der Waals surface area contributed by atoms with E-state index in [9.17, 15) is 4.79 Å². The first-order valence-electron chi connectivity index (χ1n) is 8.86. The van der Waals surface area contributed by atoms with Crippen LogP contribution in [0.5, 0.6) is 0 Å². The molecule has 0 spiro atoms. The van der Waals surface area contributed by atoms with Crippen LogP contribution in [0.25, 0.3) is 11.4 Å². The van der Waals surface area contributed by atoms with Gasteiger partial charge >= 0.3 is 0 Å². The second-order valence-corrected chi connectivity index (χ2v) is 7.86. The van der Waals surface area contributed by atoms with Crippen LogP contribution < -0.4 is 0 Å². The Morgan fingerprint density at radius 1 is 1.16 bits per heavy atom. The van der Waals surface area contributed by atoms with E-state index in [-0.39, 0.29) is 11.3 Å². The normalized spacial score (nSPS) is 26.2. The van der Waals surface area contributed by atoms with Crippen molar-refractivity contribution in [3.8, 4) is 11.4 Å². The summed E-state index contributed by atoms with van der Waals surface area (Å²) in [6.45, 7) is 6.18. The standard InChI is InChI=1S/C19H25N5O/c1-19-12-22(2)10-15(19)11-24(13-19)17(25)9-16-20-21-18(23(16)3)14-7-5-4-6-8-14/h4-8,15H,9-13H2,1-3H3/t15-,19+/m1/s1. The van der Waals surface area contributed by atoms with Gasteiger partial charge in [-0.05, 0) is 13.0 Å². The van der Waals surface area contributed by atoms with Crippen LogP contribution in [0.2, 0.25) is 0 Å². The van der Waals surface area contributed by atoms with Crippen molar-refractivity contribution in [2.24, 2.45) is 18.4 Å². The smallest absolute Gasteiger partial charge is 0.230 e. The maximum Gasteiger partial charge on any atom is 0.230 e. The molecule has 4 rings (SSSR count). The minimum Gasteiger partial charge on any atom is -0.341 e. The molecule has 2 aliphatic heterocycles. The monoisotopic (exact) mass is 339 g/mol. The molecule has 6 nitrogen and oxygen atoms in total. The second kappa shape index (κ2) is 5.95. The molecule has 2 aliphatic rings. The van der Waals surface area contributed by atoms with Crippen LogP contribution in [0.3, 0.4) is 0 Å². The highest BCUT2D eigenvalue weighted by Crippen LogP contribution is 2.41. The van der Waals surface area contributed by atoms with Crippen molar-refractivity contribution in [1.82, 2.24) is 24.6 Å². The molecule has 0 unspecified atom stereocenters. The topological polar surface area (TPSA) is 54.3 Å². The first-order valence-corrected chi connectivity index (χ1v) is 8.86. The van der Waals surface area contributed by atoms with Crippen molar-refractivity contribution in [1.29, 1.82) is 0 Å². The van der Waals surface area contributed by atoms with Crippen LogP contribution in [0.4, 0.5) is 0 Å². The molecule has 0 radical (unpaired) electrons. The third-order valence-corrected chi connectivity index (χ3v) is 5.80. The molecule has 1 amide bonds. The SMILES string of the molecule is CN1C[C@@H]2CN(C(=O)Cc3nnc(-c4ccccc4)n3C)C[C@]2(C)C1. The van der Waals surface area contributed by atoms with E-state index < -0.39 is 0 Å².